The van der Waals surface area contributed by atoms with Crippen LogP contribution in [0, 0.1) is 5.82 Å². The van der Waals surface area contributed by atoms with E-state index in [-0.39, 0.29) is 21.4 Å². The van der Waals surface area contributed by atoms with E-state index in [2.05, 4.69) is 26.6 Å². The van der Waals surface area contributed by atoms with Crippen LogP contribution in [0.4, 0.5) is 37.7 Å². The van der Waals surface area contributed by atoms with Crippen molar-refractivity contribution in [3.8, 4) is 5.75 Å². The maximum absolute atomic E-state index is 14.7. The molecule has 0 fully saturated rings. The Morgan fingerprint density at radius 1 is 1.15 bits per heavy atom. The number of anilines is 2. The summed E-state index contributed by atoms with van der Waals surface area (Å²) >= 11 is 6.43. The number of hydrogen-bond donors (Lipinski definition) is 2. The summed E-state index contributed by atoms with van der Waals surface area (Å²) in [5.41, 5.74) is -1.15. The molecule has 15 heteroatoms. The Labute approximate surface area is 253 Å². The van der Waals surface area contributed by atoms with E-state index in [1.807, 2.05) is 0 Å². The van der Waals surface area contributed by atoms with Crippen molar-refractivity contribution in [3.05, 3.63) is 51.7 Å². The molecular formula is C19H13BrF6I4N2O2. The molecule has 2 aromatic rings. The molecule has 0 aromatic heterocycles. The van der Waals surface area contributed by atoms with Crippen LogP contribution in [0.15, 0.2) is 34.8 Å². The third-order valence-corrected chi connectivity index (χ3v) is 10.8. The second-order valence-electron chi connectivity index (χ2n) is 6.52. The zero-order valence-corrected chi connectivity index (χ0v) is 26.9. The van der Waals surface area contributed by atoms with Crippen LogP contribution in [0.2, 0.25) is 0 Å². The van der Waals surface area contributed by atoms with E-state index in [4.69, 9.17) is 4.74 Å². The average molecular weight is 1000 g/mol. The highest BCUT2D eigenvalue weighted by atomic mass is 127. The van der Waals surface area contributed by atoms with Gasteiger partial charge in [0.25, 0.3) is 10.3 Å². The summed E-state index contributed by atoms with van der Waals surface area (Å²) in [6, 6.07) is 5.80. The normalized spacial score (nSPS) is 13.4. The molecule has 2 rings (SSSR count). The van der Waals surface area contributed by atoms with Gasteiger partial charge in [-0.15, -0.1) is 0 Å². The highest BCUT2D eigenvalue weighted by Gasteiger charge is 2.66. The molecule has 1 atom stereocenters. The number of carbonyl (C=O) groups is 1. The van der Waals surface area contributed by atoms with Crippen molar-refractivity contribution in [2.24, 2.45) is 0 Å². The van der Waals surface area contributed by atoms with E-state index >= 15 is 0 Å². The fourth-order valence-electron chi connectivity index (χ4n) is 2.79. The molecule has 188 valence electrons. The first-order valence-corrected chi connectivity index (χ1v) is 14.3. The number of alkyl halides is 9. The van der Waals surface area contributed by atoms with Crippen molar-refractivity contribution < 1.29 is 35.9 Å². The summed E-state index contributed by atoms with van der Waals surface area (Å²) in [6.07, 6.45) is 0. The summed E-state index contributed by atoms with van der Waals surface area (Å²) in [5, 5.41) is 5.09. The van der Waals surface area contributed by atoms with Gasteiger partial charge in [-0.05, 0) is 52.7 Å². The average Bonchev–Trinajstić information content (AvgIpc) is 2.69. The molecule has 2 N–H and O–H groups in total. The van der Waals surface area contributed by atoms with Gasteiger partial charge in [-0.3, -0.25) is 4.79 Å². The zero-order valence-electron chi connectivity index (χ0n) is 16.6. The van der Waals surface area contributed by atoms with Crippen LogP contribution in [-0.2, 0) is 3.42 Å². The van der Waals surface area contributed by atoms with Crippen LogP contribution >= 0.6 is 106 Å². The Balaban J connectivity index is 2.63. The van der Waals surface area contributed by atoms with Crippen molar-refractivity contribution in [2.45, 2.75) is 22.6 Å². The van der Waals surface area contributed by atoms with Crippen molar-refractivity contribution in [3.63, 3.8) is 0 Å². The number of halogens is 11. The van der Waals surface area contributed by atoms with E-state index in [0.717, 1.165) is 34.7 Å². The molecule has 2 aromatic carbocycles. The summed E-state index contributed by atoms with van der Waals surface area (Å²) < 4.78 is 77.9. The topological polar surface area (TPSA) is 50.4 Å². The van der Waals surface area contributed by atoms with Gasteiger partial charge in [0.1, 0.15) is 5.75 Å². The van der Waals surface area contributed by atoms with Gasteiger partial charge in [0.15, 0.2) is 9.24 Å². The van der Waals surface area contributed by atoms with E-state index in [9.17, 15) is 31.1 Å². The minimum absolute atomic E-state index is 0.0698. The van der Waals surface area contributed by atoms with Crippen LogP contribution in [0.1, 0.15) is 22.8 Å². The first kappa shape index (κ1) is 30.7. The maximum Gasteiger partial charge on any atom is 0.321 e. The molecule has 1 amide bonds. The minimum atomic E-state index is -3.95. The lowest BCUT2D eigenvalue weighted by Crippen LogP contribution is -2.47. The molecule has 0 aliphatic rings. The van der Waals surface area contributed by atoms with E-state index in [0.29, 0.717) is 51.7 Å². The molecule has 0 saturated carbocycles. The van der Waals surface area contributed by atoms with Crippen molar-refractivity contribution in [2.75, 3.05) is 17.2 Å². The van der Waals surface area contributed by atoms with Gasteiger partial charge in [0.05, 0.1) is 16.9 Å². The second-order valence-corrected chi connectivity index (χ2v) is 12.7. The van der Waals surface area contributed by atoms with Crippen molar-refractivity contribution >= 4 is 124 Å². The van der Waals surface area contributed by atoms with Crippen LogP contribution in [0.5, 0.6) is 5.75 Å². The summed E-state index contributed by atoms with van der Waals surface area (Å²) in [4.78, 5) is 12.8. The molecule has 0 radical (unpaired) electrons. The first-order valence-electron chi connectivity index (χ1n) is 8.99. The zero-order chi connectivity index (χ0) is 26.1. The molecule has 0 saturated heterocycles. The molecule has 4 nitrogen and oxygen atoms in total. The molecule has 0 aliphatic carbocycles. The minimum Gasteiger partial charge on any atom is -0.449 e. The molecule has 1 unspecified atom stereocenters. The van der Waals surface area contributed by atoms with Gasteiger partial charge in [0, 0.05) is 78.8 Å². The summed E-state index contributed by atoms with van der Waals surface area (Å²) in [7, 11) is 0. The fraction of sp³-hybridized carbons (Fsp3) is 0.316. The standard InChI is InChI=1S/C19H13BrF6I4N2O2/c1-2-31-11-5-3-4-9(13(11)21)15(33)32-14-10(20)6-8(7-12(14)34-16(22)27)17(28,18(23,24)29)19(25,26)30/h3-7,16,31H,2H2,1H3,(H,32,33). The van der Waals surface area contributed by atoms with E-state index in [1.54, 1.807) is 6.92 Å². The van der Waals surface area contributed by atoms with Gasteiger partial charge in [-0.2, -0.15) is 22.0 Å². The molecule has 0 aliphatic heterocycles. The lowest BCUT2D eigenvalue weighted by Gasteiger charge is -2.36. The van der Waals surface area contributed by atoms with Gasteiger partial charge < -0.3 is 15.4 Å². The Bertz CT molecular complexity index is 1050. The predicted molar refractivity (Wildman–Crippen MR) is 156 cm³/mol. The van der Waals surface area contributed by atoms with Gasteiger partial charge in [0.2, 0.25) is 0 Å². The molecule has 0 heterocycles. The van der Waals surface area contributed by atoms with Crippen LogP contribution in [0.25, 0.3) is 0 Å². The van der Waals surface area contributed by atoms with Crippen molar-refractivity contribution in [1.29, 1.82) is 0 Å². The third-order valence-electron chi connectivity index (χ3n) is 4.30. The monoisotopic (exact) mass is 1000 g/mol. The molecular weight excluding hydrogens is 990 g/mol. The van der Waals surface area contributed by atoms with E-state index < -0.39 is 38.7 Å². The summed E-state index contributed by atoms with van der Waals surface area (Å²) in [6.45, 7) is 2.12. The van der Waals surface area contributed by atoms with Crippen molar-refractivity contribution in [1.82, 2.24) is 0 Å². The number of benzene rings is 2. The van der Waals surface area contributed by atoms with Gasteiger partial charge in [-0.1, -0.05) is 28.7 Å². The van der Waals surface area contributed by atoms with Crippen LogP contribution in [0.3, 0.4) is 0 Å². The number of hydrogen-bond acceptors (Lipinski definition) is 3. The fourth-order valence-corrected chi connectivity index (χ4v) is 5.74. The predicted octanol–water partition coefficient (Wildman–Crippen LogP) is 9.03. The SMILES string of the molecule is CCNc1cccc(C(=O)Nc2c(Br)cc(C(I)(C(F)(F)I)C(F)(F)I)cc2OC(F)I)c1F. The summed E-state index contributed by atoms with van der Waals surface area (Å²) in [5.74, 6) is -2.32. The maximum atomic E-state index is 14.7. The Morgan fingerprint density at radius 2 is 1.74 bits per heavy atom. The number of nitrogens with one attached hydrogen (secondary N) is 2. The quantitative estimate of drug-likeness (QED) is 0.150. The number of rotatable bonds is 9. The highest BCUT2D eigenvalue weighted by Crippen LogP contribution is 2.61. The molecule has 0 bridgehead atoms. The molecule has 34 heavy (non-hydrogen) atoms. The van der Waals surface area contributed by atoms with Crippen LogP contribution < -0.4 is 15.4 Å². The van der Waals surface area contributed by atoms with E-state index in [1.165, 1.54) is 40.8 Å². The number of carbonyl (C=O) groups excluding carboxylic acids is 1. The highest BCUT2D eigenvalue weighted by molar-refractivity contribution is 14.1. The van der Waals surface area contributed by atoms with Gasteiger partial charge >= 0.3 is 7.86 Å². The van der Waals surface area contributed by atoms with Crippen LogP contribution in [-0.4, -0.2) is 24.7 Å². The Morgan fingerprint density at radius 3 is 2.24 bits per heavy atom. The second kappa shape index (κ2) is 11.9. The lowest BCUT2D eigenvalue weighted by atomic mass is 9.98. The lowest BCUT2D eigenvalue weighted by molar-refractivity contribution is -0.0187. The van der Waals surface area contributed by atoms with Gasteiger partial charge in [-0.25, -0.2) is 4.39 Å². The number of ether oxygens (including phenoxy) is 1. The Kier molecular flexibility index (Phi) is 10.8. The number of amides is 1. The first-order chi connectivity index (χ1) is 15.5. The largest absolute Gasteiger partial charge is 0.449 e. The molecule has 0 spiro atoms. The Hall–Kier alpha value is 0.490. The smallest absolute Gasteiger partial charge is 0.321 e. The third kappa shape index (κ3) is 6.67.